The number of nitrogens with zero attached hydrogens (tertiary/aromatic N) is 2. The normalized spacial score (nSPS) is 8.64. The van der Waals surface area contributed by atoms with Crippen LogP contribution < -0.4 is 5.84 Å². The fourth-order valence-corrected chi connectivity index (χ4v) is 0.713. The molecule has 2 N–H and O–H groups in total. The molecule has 0 aliphatic carbocycles. The molecule has 0 aliphatic heterocycles. The van der Waals surface area contributed by atoms with Crippen LogP contribution in [-0.4, -0.2) is 4.87 Å². The van der Waals surface area contributed by atoms with Gasteiger partial charge in [0.1, 0.15) is 0 Å². The molecule has 0 saturated carbocycles. The van der Waals surface area contributed by atoms with Gasteiger partial charge in [0.05, 0.1) is 16.5 Å². The molecule has 0 amide bonds. The summed E-state index contributed by atoms with van der Waals surface area (Å²) in [6.45, 7) is 0. The zero-order valence-corrected chi connectivity index (χ0v) is 5.69. The molecule has 0 saturated heterocycles. The quantitative estimate of drug-likeness (QED) is 0.364. The first kappa shape index (κ1) is 7.22. The van der Waals surface area contributed by atoms with E-state index < -0.39 is 0 Å². The number of nitroso groups, excluding NO2 is 1. The predicted molar refractivity (Wildman–Crippen MR) is 38.6 cm³/mol. The van der Waals surface area contributed by atoms with Crippen LogP contribution >= 0.6 is 0 Å². The summed E-state index contributed by atoms with van der Waals surface area (Å²) in [5, 5.41) is 8.43. The van der Waals surface area contributed by atoms with E-state index in [4.69, 9.17) is 11.1 Å². The van der Waals surface area contributed by atoms with Gasteiger partial charge >= 0.3 is 0 Å². The van der Waals surface area contributed by atoms with Gasteiger partial charge in [-0.3, -0.25) is 0 Å². The fraction of sp³-hybridized carbons (Fsp3) is 0. The second kappa shape index (κ2) is 2.80. The zero-order chi connectivity index (χ0) is 8.27. The summed E-state index contributed by atoms with van der Waals surface area (Å²) >= 11 is 0. The standard InChI is InChI=1S/C7H6N3O/c8-5-6-2-1-3-7(4-6)10(9)11/h1-4H,(H2,9,11)/q+1. The maximum absolute atomic E-state index is 10.5. The highest BCUT2D eigenvalue weighted by atomic mass is 16.3. The summed E-state index contributed by atoms with van der Waals surface area (Å²) in [4.78, 5) is 10.7. The Hall–Kier alpha value is -1.89. The van der Waals surface area contributed by atoms with Gasteiger partial charge in [0.15, 0.2) is 4.87 Å². The van der Waals surface area contributed by atoms with E-state index in [2.05, 4.69) is 0 Å². The van der Waals surface area contributed by atoms with E-state index in [1.165, 1.54) is 12.1 Å². The van der Waals surface area contributed by atoms with Crippen LogP contribution in [0, 0.1) is 16.2 Å². The van der Waals surface area contributed by atoms with Crippen molar-refractivity contribution in [3.63, 3.8) is 0 Å². The molecule has 0 spiro atoms. The highest BCUT2D eigenvalue weighted by Crippen LogP contribution is 2.09. The third kappa shape index (κ3) is 1.52. The Morgan fingerprint density at radius 3 is 2.82 bits per heavy atom. The van der Waals surface area contributed by atoms with E-state index in [1.807, 2.05) is 6.07 Å². The minimum absolute atomic E-state index is 0.223. The first-order valence-corrected chi connectivity index (χ1v) is 2.96. The molecule has 0 unspecified atom stereocenters. The van der Waals surface area contributed by atoms with E-state index in [0.717, 1.165) is 0 Å². The van der Waals surface area contributed by atoms with E-state index in [0.29, 0.717) is 5.56 Å². The number of nitrogens with two attached hydrogens (primary N) is 1. The maximum atomic E-state index is 10.5. The van der Waals surface area contributed by atoms with Gasteiger partial charge < -0.3 is 0 Å². The molecule has 0 aromatic heterocycles. The van der Waals surface area contributed by atoms with Crippen molar-refractivity contribution in [2.45, 2.75) is 0 Å². The van der Waals surface area contributed by atoms with E-state index in [9.17, 15) is 4.91 Å². The topological polar surface area (TPSA) is 69.9 Å². The van der Waals surface area contributed by atoms with Crippen molar-refractivity contribution in [3.05, 3.63) is 34.7 Å². The van der Waals surface area contributed by atoms with Gasteiger partial charge in [-0.15, -0.1) is 0 Å². The molecular formula is C7H6N3O+. The lowest BCUT2D eigenvalue weighted by atomic mass is 10.2. The van der Waals surface area contributed by atoms with Crippen LogP contribution in [0.5, 0.6) is 0 Å². The molecule has 54 valence electrons. The summed E-state index contributed by atoms with van der Waals surface area (Å²) < 4.78 is 0. The van der Waals surface area contributed by atoms with Gasteiger partial charge in [0.25, 0.3) is 5.69 Å². The lowest BCUT2D eigenvalue weighted by molar-refractivity contribution is -0.474. The third-order valence-electron chi connectivity index (χ3n) is 1.23. The molecule has 4 nitrogen and oxygen atoms in total. The van der Waals surface area contributed by atoms with Crippen molar-refractivity contribution in [2.75, 3.05) is 0 Å². The molecule has 1 aromatic carbocycles. The number of benzene rings is 1. The summed E-state index contributed by atoms with van der Waals surface area (Å²) in [5.74, 6) is 4.91. The summed E-state index contributed by atoms with van der Waals surface area (Å²) in [5.41, 5.74) is 0.706. The largest absolute Gasteiger partial charge is 0.292 e. The molecule has 11 heavy (non-hydrogen) atoms. The van der Waals surface area contributed by atoms with Gasteiger partial charge in [-0.1, -0.05) is 6.07 Å². The Bertz CT molecular complexity index is 327. The van der Waals surface area contributed by atoms with E-state index in [1.54, 1.807) is 12.1 Å². The van der Waals surface area contributed by atoms with Gasteiger partial charge in [0, 0.05) is 12.1 Å². The first-order valence-electron chi connectivity index (χ1n) is 2.96. The van der Waals surface area contributed by atoms with E-state index >= 15 is 0 Å². The highest BCUT2D eigenvalue weighted by molar-refractivity contribution is 5.39. The maximum Gasteiger partial charge on any atom is 0.292 e. The molecule has 1 rings (SSSR count). The third-order valence-corrected chi connectivity index (χ3v) is 1.23. The number of hydrogen-bond donors (Lipinski definition) is 1. The smallest absolute Gasteiger partial charge is 0.192 e. The highest BCUT2D eigenvalue weighted by Gasteiger charge is 2.07. The van der Waals surface area contributed by atoms with Crippen LogP contribution in [0.4, 0.5) is 5.69 Å². The van der Waals surface area contributed by atoms with Crippen molar-refractivity contribution < 1.29 is 4.87 Å². The van der Waals surface area contributed by atoms with Crippen LogP contribution in [0.2, 0.25) is 0 Å². The van der Waals surface area contributed by atoms with Gasteiger partial charge in [-0.05, 0) is 6.07 Å². The Morgan fingerprint density at radius 1 is 1.55 bits per heavy atom. The molecular weight excluding hydrogens is 142 g/mol. The van der Waals surface area contributed by atoms with Crippen LogP contribution in [0.3, 0.4) is 0 Å². The number of hydrazine groups is 1. The average molecular weight is 148 g/mol. The molecule has 0 atom stereocenters. The molecule has 0 radical (unpaired) electrons. The molecule has 1 aromatic rings. The second-order valence-corrected chi connectivity index (χ2v) is 1.99. The molecule has 0 heterocycles. The summed E-state index contributed by atoms with van der Waals surface area (Å²) in [6.07, 6.45) is 0. The van der Waals surface area contributed by atoms with Crippen molar-refractivity contribution in [1.29, 1.82) is 5.26 Å². The van der Waals surface area contributed by atoms with Crippen molar-refractivity contribution in [1.82, 2.24) is 0 Å². The molecule has 0 bridgehead atoms. The summed E-state index contributed by atoms with van der Waals surface area (Å²) in [6, 6.07) is 8.07. The van der Waals surface area contributed by atoms with Crippen molar-refractivity contribution >= 4 is 5.69 Å². The van der Waals surface area contributed by atoms with Gasteiger partial charge in [0.2, 0.25) is 0 Å². The second-order valence-electron chi connectivity index (χ2n) is 1.99. The molecule has 4 heteroatoms. The minimum Gasteiger partial charge on any atom is -0.192 e. The molecule has 0 fully saturated rings. The van der Waals surface area contributed by atoms with Crippen LogP contribution in [0.25, 0.3) is 0 Å². The van der Waals surface area contributed by atoms with Gasteiger partial charge in [-0.2, -0.15) is 11.1 Å². The van der Waals surface area contributed by atoms with Crippen molar-refractivity contribution in [2.24, 2.45) is 5.84 Å². The monoisotopic (exact) mass is 148 g/mol. The van der Waals surface area contributed by atoms with E-state index in [-0.39, 0.29) is 10.6 Å². The Balaban J connectivity index is 3.13. The van der Waals surface area contributed by atoms with Crippen LogP contribution in [0.15, 0.2) is 24.3 Å². The summed E-state index contributed by atoms with van der Waals surface area (Å²) in [7, 11) is 0. The minimum atomic E-state index is 0.223. The van der Waals surface area contributed by atoms with Gasteiger partial charge in [-0.25, -0.2) is 0 Å². The lowest BCUT2D eigenvalue weighted by Gasteiger charge is -1.85. The average Bonchev–Trinajstić information content (AvgIpc) is 2.05. The van der Waals surface area contributed by atoms with Crippen LogP contribution in [0.1, 0.15) is 5.56 Å². The lowest BCUT2D eigenvalue weighted by Crippen LogP contribution is -2.08. The first-order chi connectivity index (χ1) is 5.24. The number of nitriles is 1. The van der Waals surface area contributed by atoms with Crippen molar-refractivity contribution in [3.8, 4) is 6.07 Å². The zero-order valence-electron chi connectivity index (χ0n) is 5.69. The molecule has 0 aliphatic rings. The fourth-order valence-electron chi connectivity index (χ4n) is 0.713. The Kier molecular flexibility index (Phi) is 1.83. The Labute approximate surface area is 63.4 Å². The SMILES string of the molecule is N#Cc1cccc([N+](N)=O)c1. The Morgan fingerprint density at radius 2 is 2.27 bits per heavy atom. The predicted octanol–water partition coefficient (Wildman–Crippen LogP) is 0.842. The number of rotatable bonds is 1. The number of hydrogen-bond acceptors (Lipinski definition) is 2. The van der Waals surface area contributed by atoms with Crippen LogP contribution in [-0.2, 0) is 0 Å².